The number of aromatic nitrogens is 2. The fourth-order valence-electron chi connectivity index (χ4n) is 1.70. The van der Waals surface area contributed by atoms with Gasteiger partial charge in [-0.1, -0.05) is 15.9 Å². The molecule has 2 rings (SSSR count). The molecule has 0 spiro atoms. The number of anilines is 1. The molecule has 20 heavy (non-hydrogen) atoms. The third-order valence-electron chi connectivity index (χ3n) is 2.64. The van der Waals surface area contributed by atoms with Crippen molar-refractivity contribution >= 4 is 43.2 Å². The third-order valence-corrected chi connectivity index (χ3v) is 4.60. The van der Waals surface area contributed by atoms with Crippen molar-refractivity contribution in [2.24, 2.45) is 0 Å². The molecule has 0 amide bonds. The maximum atomic E-state index is 12.3. The van der Waals surface area contributed by atoms with E-state index in [1.54, 1.807) is 0 Å². The molecular formula is C12H11BrClN3O2S. The number of halogens is 2. The average Bonchev–Trinajstić information content (AvgIpc) is 2.34. The molecule has 0 unspecified atom stereocenters. The van der Waals surface area contributed by atoms with Crippen LogP contribution < -0.4 is 4.72 Å². The van der Waals surface area contributed by atoms with Crippen LogP contribution in [0.2, 0.25) is 5.28 Å². The van der Waals surface area contributed by atoms with E-state index in [2.05, 4.69) is 30.6 Å². The van der Waals surface area contributed by atoms with Crippen molar-refractivity contribution in [1.29, 1.82) is 0 Å². The van der Waals surface area contributed by atoms with Gasteiger partial charge in [0.15, 0.2) is 0 Å². The quantitative estimate of drug-likeness (QED) is 0.834. The Bertz CT molecular complexity index is 725. The Hall–Kier alpha value is -1.18. The highest BCUT2D eigenvalue weighted by molar-refractivity contribution is 9.10. The molecule has 106 valence electrons. The van der Waals surface area contributed by atoms with Gasteiger partial charge in [0.25, 0.3) is 10.0 Å². The van der Waals surface area contributed by atoms with Crippen molar-refractivity contribution in [2.75, 3.05) is 4.72 Å². The van der Waals surface area contributed by atoms with Crippen LogP contribution in [0.5, 0.6) is 0 Å². The van der Waals surface area contributed by atoms with E-state index in [9.17, 15) is 8.42 Å². The zero-order valence-corrected chi connectivity index (χ0v) is 13.8. The van der Waals surface area contributed by atoms with E-state index in [1.165, 1.54) is 12.4 Å². The lowest BCUT2D eigenvalue weighted by Crippen LogP contribution is -2.15. The minimum atomic E-state index is -3.74. The minimum absolute atomic E-state index is 0.0000437. The number of hydrogen-bond acceptors (Lipinski definition) is 4. The van der Waals surface area contributed by atoms with Crippen LogP contribution in [0.25, 0.3) is 0 Å². The summed E-state index contributed by atoms with van der Waals surface area (Å²) in [5.74, 6) is 0. The Kier molecular flexibility index (Phi) is 4.31. The van der Waals surface area contributed by atoms with Crippen LogP contribution >= 0.6 is 27.5 Å². The van der Waals surface area contributed by atoms with Gasteiger partial charge in [0.2, 0.25) is 5.28 Å². The van der Waals surface area contributed by atoms with Crippen LogP contribution in [0, 0.1) is 13.8 Å². The highest BCUT2D eigenvalue weighted by atomic mass is 79.9. The molecule has 1 N–H and O–H groups in total. The molecule has 5 nitrogen and oxygen atoms in total. The lowest BCUT2D eigenvalue weighted by Gasteiger charge is -2.13. The summed E-state index contributed by atoms with van der Waals surface area (Å²) in [7, 11) is -3.74. The number of hydrogen-bond donors (Lipinski definition) is 1. The van der Waals surface area contributed by atoms with Crippen LogP contribution in [0.4, 0.5) is 5.69 Å². The van der Waals surface area contributed by atoms with E-state index in [1.807, 2.05) is 26.0 Å². The topological polar surface area (TPSA) is 72.0 Å². The second kappa shape index (κ2) is 5.67. The van der Waals surface area contributed by atoms with Gasteiger partial charge in [-0.15, -0.1) is 0 Å². The molecule has 0 saturated heterocycles. The molecular weight excluding hydrogens is 366 g/mol. The van der Waals surface area contributed by atoms with Crippen LogP contribution in [0.3, 0.4) is 0 Å². The predicted octanol–water partition coefficient (Wildman–Crippen LogP) is 3.31. The molecule has 0 fully saturated rings. The summed E-state index contributed by atoms with van der Waals surface area (Å²) in [6, 6.07) is 3.67. The SMILES string of the molecule is Cc1cc(Br)cc(C)c1NS(=O)(=O)c1cnc(Cl)nc1. The van der Waals surface area contributed by atoms with Crippen LogP contribution in [-0.2, 0) is 10.0 Å². The van der Waals surface area contributed by atoms with Gasteiger partial charge in [-0.05, 0) is 48.7 Å². The highest BCUT2D eigenvalue weighted by Crippen LogP contribution is 2.27. The van der Waals surface area contributed by atoms with E-state index in [-0.39, 0.29) is 10.2 Å². The zero-order valence-electron chi connectivity index (χ0n) is 10.7. The molecule has 0 aliphatic rings. The summed E-state index contributed by atoms with van der Waals surface area (Å²) >= 11 is 8.91. The van der Waals surface area contributed by atoms with Gasteiger partial charge in [-0.3, -0.25) is 4.72 Å². The lowest BCUT2D eigenvalue weighted by atomic mass is 10.1. The van der Waals surface area contributed by atoms with Crippen molar-refractivity contribution < 1.29 is 8.42 Å². The van der Waals surface area contributed by atoms with E-state index in [0.717, 1.165) is 15.6 Å². The summed E-state index contributed by atoms with van der Waals surface area (Å²) in [6.07, 6.45) is 2.34. The van der Waals surface area contributed by atoms with Crippen molar-refractivity contribution in [2.45, 2.75) is 18.7 Å². The molecule has 0 aliphatic carbocycles. The Morgan fingerprint density at radius 2 is 1.65 bits per heavy atom. The van der Waals surface area contributed by atoms with E-state index in [0.29, 0.717) is 5.69 Å². The normalized spacial score (nSPS) is 11.4. The van der Waals surface area contributed by atoms with Crippen molar-refractivity contribution in [1.82, 2.24) is 9.97 Å². The summed E-state index contributed by atoms with van der Waals surface area (Å²) in [6.45, 7) is 3.65. The minimum Gasteiger partial charge on any atom is -0.279 e. The van der Waals surface area contributed by atoms with Crippen LogP contribution in [0.1, 0.15) is 11.1 Å². The monoisotopic (exact) mass is 375 g/mol. The van der Waals surface area contributed by atoms with Gasteiger partial charge in [-0.25, -0.2) is 18.4 Å². The zero-order chi connectivity index (χ0) is 14.9. The third kappa shape index (κ3) is 3.28. The second-order valence-corrected chi connectivity index (χ2v) is 7.14. The largest absolute Gasteiger partial charge is 0.279 e. The lowest BCUT2D eigenvalue weighted by molar-refractivity contribution is 0.600. The maximum absolute atomic E-state index is 12.3. The van der Waals surface area contributed by atoms with E-state index >= 15 is 0 Å². The van der Waals surface area contributed by atoms with Gasteiger partial charge >= 0.3 is 0 Å². The van der Waals surface area contributed by atoms with Crippen molar-refractivity contribution in [3.8, 4) is 0 Å². The Balaban J connectivity index is 2.41. The molecule has 0 aliphatic heterocycles. The van der Waals surface area contributed by atoms with Gasteiger partial charge in [0, 0.05) is 4.47 Å². The Labute approximate surface area is 130 Å². The molecule has 2 aromatic rings. The molecule has 1 aromatic heterocycles. The molecule has 0 atom stereocenters. The molecule has 0 bridgehead atoms. The van der Waals surface area contributed by atoms with Crippen molar-refractivity contribution in [3.05, 3.63) is 45.4 Å². The van der Waals surface area contributed by atoms with Crippen LogP contribution in [-0.4, -0.2) is 18.4 Å². The fraction of sp³-hybridized carbons (Fsp3) is 0.167. The molecule has 1 heterocycles. The van der Waals surface area contributed by atoms with Gasteiger partial charge < -0.3 is 0 Å². The first-order chi connectivity index (χ1) is 9.29. The number of sulfonamides is 1. The number of benzene rings is 1. The summed E-state index contributed by atoms with van der Waals surface area (Å²) in [5.41, 5.74) is 2.17. The van der Waals surface area contributed by atoms with E-state index < -0.39 is 10.0 Å². The molecule has 0 saturated carbocycles. The Morgan fingerprint density at radius 3 is 2.15 bits per heavy atom. The van der Waals surface area contributed by atoms with Crippen molar-refractivity contribution in [3.63, 3.8) is 0 Å². The number of aryl methyl sites for hydroxylation is 2. The molecule has 0 radical (unpaired) electrons. The summed E-state index contributed by atoms with van der Waals surface area (Å²) < 4.78 is 28.0. The maximum Gasteiger partial charge on any atom is 0.264 e. The summed E-state index contributed by atoms with van der Waals surface area (Å²) in [5, 5.41) is -0.0000437. The smallest absolute Gasteiger partial charge is 0.264 e. The second-order valence-electron chi connectivity index (χ2n) is 4.21. The Morgan fingerprint density at radius 1 is 1.15 bits per heavy atom. The first-order valence-electron chi connectivity index (χ1n) is 5.57. The standard InChI is InChI=1S/C12H11BrClN3O2S/c1-7-3-9(13)4-8(2)11(7)17-20(18,19)10-5-15-12(14)16-6-10/h3-6,17H,1-2H3. The van der Waals surface area contributed by atoms with Gasteiger partial charge in [0.05, 0.1) is 18.1 Å². The average molecular weight is 377 g/mol. The molecule has 8 heteroatoms. The molecule has 1 aromatic carbocycles. The van der Waals surface area contributed by atoms with Gasteiger partial charge in [-0.2, -0.15) is 0 Å². The van der Waals surface area contributed by atoms with E-state index in [4.69, 9.17) is 11.6 Å². The first kappa shape index (κ1) is 15.2. The summed E-state index contributed by atoms with van der Waals surface area (Å²) in [4.78, 5) is 7.31. The highest BCUT2D eigenvalue weighted by Gasteiger charge is 2.17. The fourth-order valence-corrected chi connectivity index (χ4v) is 3.58. The number of nitrogens with zero attached hydrogens (tertiary/aromatic N) is 2. The van der Waals surface area contributed by atoms with Crippen LogP contribution in [0.15, 0.2) is 33.9 Å². The number of nitrogens with one attached hydrogen (secondary N) is 1. The number of rotatable bonds is 3. The predicted molar refractivity (Wildman–Crippen MR) is 81.5 cm³/mol. The first-order valence-corrected chi connectivity index (χ1v) is 8.22. The van der Waals surface area contributed by atoms with Gasteiger partial charge in [0.1, 0.15) is 4.90 Å².